The van der Waals surface area contributed by atoms with E-state index in [-0.39, 0.29) is 11.3 Å². The number of amides is 1. The topological polar surface area (TPSA) is 54.9 Å². The Morgan fingerprint density at radius 3 is 2.41 bits per heavy atom. The molecule has 2 aromatic carbocycles. The maximum Gasteiger partial charge on any atom is 0.252 e. The standard InChI is InChI=1S/C25H21N3O/c29-24(27-17-25(13-14-25)18-8-2-1-3-9-18)20-16-23(22-12-6-7-15-26-22)28-21-11-5-4-10-19(20)21/h1-12,15-16H,13-14,17H2,(H,27,29). The molecule has 29 heavy (non-hydrogen) atoms. The first-order valence-electron chi connectivity index (χ1n) is 9.90. The largest absolute Gasteiger partial charge is 0.351 e. The van der Waals surface area contributed by atoms with Gasteiger partial charge in [0.1, 0.15) is 0 Å². The number of nitrogens with one attached hydrogen (secondary N) is 1. The number of hydrogen-bond donors (Lipinski definition) is 1. The lowest BCUT2D eigenvalue weighted by Gasteiger charge is -2.17. The summed E-state index contributed by atoms with van der Waals surface area (Å²) in [6.45, 7) is 0.644. The van der Waals surface area contributed by atoms with Crippen molar-refractivity contribution in [3.05, 3.63) is 96.2 Å². The van der Waals surface area contributed by atoms with Crippen LogP contribution in [0.15, 0.2) is 85.1 Å². The third-order valence-electron chi connectivity index (χ3n) is 5.72. The zero-order chi connectivity index (χ0) is 19.7. The van der Waals surface area contributed by atoms with Gasteiger partial charge in [0.25, 0.3) is 5.91 Å². The molecular weight excluding hydrogens is 358 g/mol. The first kappa shape index (κ1) is 17.6. The summed E-state index contributed by atoms with van der Waals surface area (Å²) in [7, 11) is 0. The summed E-state index contributed by atoms with van der Waals surface area (Å²) in [5.74, 6) is -0.0667. The van der Waals surface area contributed by atoms with Gasteiger partial charge in [-0.3, -0.25) is 9.78 Å². The van der Waals surface area contributed by atoms with Crippen LogP contribution in [-0.4, -0.2) is 22.4 Å². The molecule has 1 aliphatic carbocycles. The average molecular weight is 379 g/mol. The number of pyridine rings is 2. The van der Waals surface area contributed by atoms with Crippen LogP contribution < -0.4 is 5.32 Å². The highest BCUT2D eigenvalue weighted by Crippen LogP contribution is 2.47. The monoisotopic (exact) mass is 379 g/mol. The molecule has 5 rings (SSSR count). The fraction of sp³-hybridized carbons (Fsp3) is 0.160. The minimum atomic E-state index is -0.0667. The fourth-order valence-corrected chi connectivity index (χ4v) is 3.86. The van der Waals surface area contributed by atoms with Crippen LogP contribution in [-0.2, 0) is 5.41 Å². The quantitative estimate of drug-likeness (QED) is 0.544. The van der Waals surface area contributed by atoms with E-state index in [4.69, 9.17) is 4.98 Å². The molecule has 0 aliphatic heterocycles. The van der Waals surface area contributed by atoms with E-state index in [1.54, 1.807) is 6.20 Å². The van der Waals surface area contributed by atoms with Crippen molar-refractivity contribution in [3.63, 3.8) is 0 Å². The van der Waals surface area contributed by atoms with Gasteiger partial charge >= 0.3 is 0 Å². The van der Waals surface area contributed by atoms with Gasteiger partial charge in [0.05, 0.1) is 22.5 Å². The molecular formula is C25H21N3O. The van der Waals surface area contributed by atoms with Gasteiger partial charge in [0, 0.05) is 23.5 Å². The molecule has 0 saturated heterocycles. The van der Waals surface area contributed by atoms with Crippen LogP contribution in [0.3, 0.4) is 0 Å². The van der Waals surface area contributed by atoms with Crippen LogP contribution in [0, 0.1) is 0 Å². The minimum Gasteiger partial charge on any atom is -0.351 e. The second kappa shape index (κ2) is 7.13. The number of fused-ring (bicyclic) bond motifs is 1. The number of carbonyl (C=O) groups excluding carboxylic acids is 1. The van der Waals surface area contributed by atoms with E-state index >= 15 is 0 Å². The summed E-state index contributed by atoms with van der Waals surface area (Å²) in [5.41, 5.74) is 4.27. The minimum absolute atomic E-state index is 0.0667. The maximum absolute atomic E-state index is 13.2. The fourth-order valence-electron chi connectivity index (χ4n) is 3.86. The molecule has 1 aliphatic rings. The van der Waals surface area contributed by atoms with Crippen molar-refractivity contribution >= 4 is 16.8 Å². The summed E-state index contributed by atoms with van der Waals surface area (Å²) in [6.07, 6.45) is 3.95. The molecule has 1 fully saturated rings. The molecule has 0 atom stereocenters. The molecule has 142 valence electrons. The van der Waals surface area contributed by atoms with Crippen molar-refractivity contribution in [2.45, 2.75) is 18.3 Å². The molecule has 1 amide bonds. The van der Waals surface area contributed by atoms with Gasteiger partial charge in [-0.25, -0.2) is 4.98 Å². The first-order chi connectivity index (χ1) is 14.3. The van der Waals surface area contributed by atoms with E-state index in [0.29, 0.717) is 17.8 Å². The Hall–Kier alpha value is -3.53. The molecule has 2 heterocycles. The van der Waals surface area contributed by atoms with Gasteiger partial charge in [-0.1, -0.05) is 54.6 Å². The zero-order valence-electron chi connectivity index (χ0n) is 16.0. The van der Waals surface area contributed by atoms with Crippen molar-refractivity contribution in [3.8, 4) is 11.4 Å². The number of benzene rings is 2. The van der Waals surface area contributed by atoms with Gasteiger partial charge in [0.2, 0.25) is 0 Å². The van der Waals surface area contributed by atoms with E-state index in [1.807, 2.05) is 54.6 Å². The van der Waals surface area contributed by atoms with Gasteiger partial charge in [-0.15, -0.1) is 0 Å². The number of carbonyl (C=O) groups is 1. The summed E-state index contributed by atoms with van der Waals surface area (Å²) >= 11 is 0. The van der Waals surface area contributed by atoms with E-state index < -0.39 is 0 Å². The second-order valence-corrected chi connectivity index (χ2v) is 7.62. The summed E-state index contributed by atoms with van der Waals surface area (Å²) < 4.78 is 0. The molecule has 1 saturated carbocycles. The highest BCUT2D eigenvalue weighted by molar-refractivity contribution is 6.07. The van der Waals surface area contributed by atoms with E-state index in [1.165, 1.54) is 5.56 Å². The highest BCUT2D eigenvalue weighted by Gasteiger charge is 2.44. The van der Waals surface area contributed by atoms with Gasteiger partial charge in [-0.05, 0) is 42.7 Å². The molecule has 0 radical (unpaired) electrons. The number of para-hydroxylation sites is 1. The SMILES string of the molecule is O=C(NCC1(c2ccccc2)CC1)c1cc(-c2ccccn2)nc2ccccc12. The lowest BCUT2D eigenvalue weighted by atomic mass is 9.96. The number of rotatable bonds is 5. The molecule has 0 bridgehead atoms. The molecule has 0 unspecified atom stereocenters. The Balaban J connectivity index is 1.47. The summed E-state index contributed by atoms with van der Waals surface area (Å²) in [4.78, 5) is 22.3. The molecule has 4 aromatic rings. The van der Waals surface area contributed by atoms with E-state index in [0.717, 1.165) is 29.4 Å². The van der Waals surface area contributed by atoms with Gasteiger partial charge in [-0.2, -0.15) is 0 Å². The predicted molar refractivity (Wildman–Crippen MR) is 115 cm³/mol. The first-order valence-corrected chi connectivity index (χ1v) is 9.90. The molecule has 0 spiro atoms. The Labute approximate surface area is 169 Å². The van der Waals surface area contributed by atoms with E-state index in [9.17, 15) is 4.79 Å². The second-order valence-electron chi connectivity index (χ2n) is 7.62. The number of aromatic nitrogens is 2. The smallest absolute Gasteiger partial charge is 0.252 e. The lowest BCUT2D eigenvalue weighted by molar-refractivity contribution is 0.0951. The Kier molecular flexibility index (Phi) is 4.32. The lowest BCUT2D eigenvalue weighted by Crippen LogP contribution is -2.32. The number of hydrogen-bond acceptors (Lipinski definition) is 3. The highest BCUT2D eigenvalue weighted by atomic mass is 16.1. The Bertz CT molecular complexity index is 1170. The maximum atomic E-state index is 13.2. The van der Waals surface area contributed by atoms with Gasteiger partial charge in [0.15, 0.2) is 0 Å². The molecule has 4 nitrogen and oxygen atoms in total. The Morgan fingerprint density at radius 2 is 1.66 bits per heavy atom. The predicted octanol–water partition coefficient (Wildman–Crippen LogP) is 4.76. The average Bonchev–Trinajstić information content (AvgIpc) is 3.59. The van der Waals surface area contributed by atoms with Crippen molar-refractivity contribution in [2.24, 2.45) is 0 Å². The zero-order valence-corrected chi connectivity index (χ0v) is 16.0. The van der Waals surface area contributed by atoms with Crippen LogP contribution in [0.25, 0.3) is 22.3 Å². The van der Waals surface area contributed by atoms with Crippen LogP contribution in [0.1, 0.15) is 28.8 Å². The van der Waals surface area contributed by atoms with Crippen molar-refractivity contribution < 1.29 is 4.79 Å². The van der Waals surface area contributed by atoms with Crippen LogP contribution in [0.2, 0.25) is 0 Å². The van der Waals surface area contributed by atoms with Crippen LogP contribution in [0.5, 0.6) is 0 Å². The van der Waals surface area contributed by atoms with Crippen molar-refractivity contribution in [1.82, 2.24) is 15.3 Å². The van der Waals surface area contributed by atoms with Crippen LogP contribution in [0.4, 0.5) is 0 Å². The van der Waals surface area contributed by atoms with Crippen LogP contribution >= 0.6 is 0 Å². The number of nitrogens with zero attached hydrogens (tertiary/aromatic N) is 2. The normalized spacial score (nSPS) is 14.5. The molecule has 4 heteroatoms. The molecule has 1 N–H and O–H groups in total. The third-order valence-corrected chi connectivity index (χ3v) is 5.72. The van der Waals surface area contributed by atoms with Gasteiger partial charge < -0.3 is 5.32 Å². The summed E-state index contributed by atoms with van der Waals surface area (Å²) in [6, 6.07) is 25.8. The molecule has 2 aromatic heterocycles. The van der Waals surface area contributed by atoms with Crippen molar-refractivity contribution in [1.29, 1.82) is 0 Å². The summed E-state index contributed by atoms with van der Waals surface area (Å²) in [5, 5.41) is 4.04. The van der Waals surface area contributed by atoms with Crippen molar-refractivity contribution in [2.75, 3.05) is 6.54 Å². The Morgan fingerprint density at radius 1 is 0.897 bits per heavy atom. The van der Waals surface area contributed by atoms with E-state index in [2.05, 4.69) is 34.6 Å². The third kappa shape index (κ3) is 3.38.